The molecule has 0 saturated heterocycles. The molecule has 1 atom stereocenters. The minimum absolute atomic E-state index is 0.0240. The minimum atomic E-state index is -3.24. The van der Waals surface area contributed by atoms with Crippen molar-refractivity contribution in [3.8, 4) is 0 Å². The van der Waals surface area contributed by atoms with Crippen LogP contribution in [-0.4, -0.2) is 50.0 Å². The van der Waals surface area contributed by atoms with Crippen molar-refractivity contribution in [2.75, 3.05) is 24.6 Å². The quantitative estimate of drug-likeness (QED) is 0.427. The molecule has 0 heterocycles. The van der Waals surface area contributed by atoms with Crippen molar-refractivity contribution in [3.63, 3.8) is 0 Å². The summed E-state index contributed by atoms with van der Waals surface area (Å²) in [4.78, 5) is 20.9. The molecule has 0 aliphatic heterocycles. The van der Waals surface area contributed by atoms with E-state index < -0.39 is 21.7 Å². The number of primary amides is 1. The zero-order valence-corrected chi connectivity index (χ0v) is 12.6. The van der Waals surface area contributed by atoms with Crippen LogP contribution >= 0.6 is 0 Å². The summed E-state index contributed by atoms with van der Waals surface area (Å²) >= 11 is 0. The topological polar surface area (TPSA) is 127 Å². The summed E-state index contributed by atoms with van der Waals surface area (Å²) in [5.74, 6) is -1.37. The number of nitrogens with two attached hydrogens (primary N) is 1. The van der Waals surface area contributed by atoms with Gasteiger partial charge in [0.05, 0.1) is 11.5 Å². The van der Waals surface area contributed by atoms with Gasteiger partial charge >= 0.3 is 5.97 Å². The third-order valence-corrected chi connectivity index (χ3v) is 4.57. The lowest BCUT2D eigenvalue weighted by Crippen LogP contribution is -2.27. The van der Waals surface area contributed by atoms with Gasteiger partial charge in [0.15, 0.2) is 9.84 Å². The summed E-state index contributed by atoms with van der Waals surface area (Å²) < 4.78 is 23.0. The Labute approximate surface area is 119 Å². The van der Waals surface area contributed by atoms with Crippen molar-refractivity contribution in [1.82, 2.24) is 5.32 Å². The van der Waals surface area contributed by atoms with Crippen molar-refractivity contribution < 1.29 is 23.1 Å². The maximum Gasteiger partial charge on any atom is 0.303 e. The lowest BCUT2D eigenvalue weighted by Gasteiger charge is -2.10. The Bertz CT molecular complexity index is 408. The molecule has 0 fully saturated rings. The maximum atomic E-state index is 11.5. The van der Waals surface area contributed by atoms with E-state index in [1.54, 1.807) is 0 Å². The Balaban J connectivity index is 3.65. The van der Waals surface area contributed by atoms with Crippen LogP contribution in [0.3, 0.4) is 0 Å². The number of hydrogen-bond donors (Lipinski definition) is 3. The van der Waals surface area contributed by atoms with Crippen LogP contribution in [0.4, 0.5) is 0 Å². The zero-order valence-electron chi connectivity index (χ0n) is 11.8. The molecule has 0 aromatic carbocycles. The predicted octanol–water partition coefficient (Wildman–Crippen LogP) is -0.243. The molecule has 1 amide bonds. The first-order valence-electron chi connectivity index (χ1n) is 6.64. The fourth-order valence-corrected chi connectivity index (χ4v) is 2.75. The first kappa shape index (κ1) is 18.9. The van der Waals surface area contributed by atoms with Crippen LogP contribution in [-0.2, 0) is 19.4 Å². The van der Waals surface area contributed by atoms with E-state index in [0.29, 0.717) is 19.5 Å². The molecule has 0 aliphatic rings. The van der Waals surface area contributed by atoms with E-state index in [2.05, 4.69) is 5.32 Å². The molecule has 0 aliphatic carbocycles. The number of carbonyl (C=O) groups is 2. The highest BCUT2D eigenvalue weighted by atomic mass is 32.2. The summed E-state index contributed by atoms with van der Waals surface area (Å²) in [6.07, 6.45) is 1.43. The van der Waals surface area contributed by atoms with E-state index in [-0.39, 0.29) is 30.3 Å². The van der Waals surface area contributed by atoms with Gasteiger partial charge in [-0.1, -0.05) is 6.92 Å². The number of hydrogen-bond acceptors (Lipinski definition) is 5. The molecular formula is C12H24N2O5S. The zero-order chi connectivity index (χ0) is 15.6. The molecule has 0 rings (SSSR count). The van der Waals surface area contributed by atoms with Gasteiger partial charge < -0.3 is 16.2 Å². The molecular weight excluding hydrogens is 284 g/mol. The van der Waals surface area contributed by atoms with Crippen LogP contribution in [0.15, 0.2) is 0 Å². The molecule has 8 heteroatoms. The second kappa shape index (κ2) is 9.71. The number of nitrogens with one attached hydrogen (secondary N) is 1. The molecule has 0 aromatic rings. The Morgan fingerprint density at radius 2 is 1.80 bits per heavy atom. The summed E-state index contributed by atoms with van der Waals surface area (Å²) in [6, 6.07) is 0. The van der Waals surface area contributed by atoms with E-state index in [4.69, 9.17) is 10.8 Å². The Morgan fingerprint density at radius 3 is 2.35 bits per heavy atom. The second-order valence-electron chi connectivity index (χ2n) is 4.94. The highest BCUT2D eigenvalue weighted by Gasteiger charge is 2.12. The number of rotatable bonds is 12. The van der Waals surface area contributed by atoms with Crippen molar-refractivity contribution in [2.24, 2.45) is 11.7 Å². The van der Waals surface area contributed by atoms with Crippen LogP contribution in [0.2, 0.25) is 0 Å². The SMILES string of the molecule is CC(CCNCCS(=O)(=O)CCC(N)=O)CCC(=O)O. The molecule has 0 aromatic heterocycles. The molecule has 7 nitrogen and oxygen atoms in total. The van der Waals surface area contributed by atoms with Crippen molar-refractivity contribution in [2.45, 2.75) is 32.6 Å². The normalized spacial score (nSPS) is 13.1. The molecule has 0 radical (unpaired) electrons. The van der Waals surface area contributed by atoms with Crippen LogP contribution in [0.5, 0.6) is 0 Å². The number of carboxylic acid groups (broad SMARTS) is 1. The maximum absolute atomic E-state index is 11.5. The second-order valence-corrected chi connectivity index (χ2v) is 7.25. The van der Waals surface area contributed by atoms with Crippen LogP contribution < -0.4 is 11.1 Å². The standard InChI is InChI=1S/C12H24N2O5S/c1-10(2-3-12(16)17)4-6-14-7-9-20(18,19)8-5-11(13)15/h10,14H,2-9H2,1H3,(H2,13,15)(H,16,17). The molecule has 0 saturated carbocycles. The largest absolute Gasteiger partial charge is 0.481 e. The van der Waals surface area contributed by atoms with E-state index in [0.717, 1.165) is 6.42 Å². The number of aliphatic carboxylic acids is 1. The van der Waals surface area contributed by atoms with Gasteiger partial charge in [0.25, 0.3) is 0 Å². The van der Waals surface area contributed by atoms with E-state index in [1.807, 2.05) is 6.92 Å². The van der Waals surface area contributed by atoms with E-state index >= 15 is 0 Å². The Hall–Kier alpha value is -1.15. The Kier molecular flexibility index (Phi) is 9.15. The fourth-order valence-electron chi connectivity index (χ4n) is 1.57. The summed E-state index contributed by atoms with van der Waals surface area (Å²) in [6.45, 7) is 2.94. The molecule has 0 spiro atoms. The third-order valence-electron chi connectivity index (χ3n) is 2.91. The predicted molar refractivity (Wildman–Crippen MR) is 76.0 cm³/mol. The first-order valence-corrected chi connectivity index (χ1v) is 8.46. The van der Waals surface area contributed by atoms with Gasteiger partial charge in [0.1, 0.15) is 0 Å². The number of amides is 1. The van der Waals surface area contributed by atoms with Gasteiger partial charge in [-0.2, -0.15) is 0 Å². The summed E-state index contributed by atoms with van der Waals surface area (Å²) in [5.41, 5.74) is 4.90. The average Bonchev–Trinajstić information content (AvgIpc) is 2.33. The number of carboxylic acids is 1. The van der Waals surface area contributed by atoms with Crippen LogP contribution in [0.1, 0.15) is 32.6 Å². The lowest BCUT2D eigenvalue weighted by atomic mass is 10.0. The minimum Gasteiger partial charge on any atom is -0.481 e. The molecule has 4 N–H and O–H groups in total. The number of sulfone groups is 1. The van der Waals surface area contributed by atoms with E-state index in [9.17, 15) is 18.0 Å². The highest BCUT2D eigenvalue weighted by Crippen LogP contribution is 2.08. The smallest absolute Gasteiger partial charge is 0.303 e. The summed E-state index contributed by atoms with van der Waals surface area (Å²) in [5, 5.41) is 11.5. The lowest BCUT2D eigenvalue weighted by molar-refractivity contribution is -0.137. The molecule has 1 unspecified atom stereocenters. The van der Waals surface area contributed by atoms with Gasteiger partial charge in [-0.15, -0.1) is 0 Å². The van der Waals surface area contributed by atoms with E-state index in [1.165, 1.54) is 0 Å². The average molecular weight is 308 g/mol. The third kappa shape index (κ3) is 11.9. The van der Waals surface area contributed by atoms with Gasteiger partial charge in [-0.05, 0) is 25.3 Å². The van der Waals surface area contributed by atoms with Crippen molar-refractivity contribution >= 4 is 21.7 Å². The van der Waals surface area contributed by atoms with Gasteiger partial charge in [0, 0.05) is 19.4 Å². The van der Waals surface area contributed by atoms with Gasteiger partial charge in [-0.25, -0.2) is 8.42 Å². The molecule has 118 valence electrons. The van der Waals surface area contributed by atoms with Crippen molar-refractivity contribution in [1.29, 1.82) is 0 Å². The van der Waals surface area contributed by atoms with Crippen molar-refractivity contribution in [3.05, 3.63) is 0 Å². The Morgan fingerprint density at radius 1 is 1.15 bits per heavy atom. The molecule has 20 heavy (non-hydrogen) atoms. The van der Waals surface area contributed by atoms with Crippen LogP contribution in [0.25, 0.3) is 0 Å². The first-order chi connectivity index (χ1) is 9.23. The van der Waals surface area contributed by atoms with Gasteiger partial charge in [-0.3, -0.25) is 9.59 Å². The highest BCUT2D eigenvalue weighted by molar-refractivity contribution is 7.91. The number of carbonyl (C=O) groups excluding carboxylic acids is 1. The van der Waals surface area contributed by atoms with Crippen LogP contribution in [0, 0.1) is 5.92 Å². The molecule has 0 bridgehead atoms. The van der Waals surface area contributed by atoms with Gasteiger partial charge in [0.2, 0.25) is 5.91 Å². The monoisotopic (exact) mass is 308 g/mol. The fraction of sp³-hybridized carbons (Fsp3) is 0.833. The summed E-state index contributed by atoms with van der Waals surface area (Å²) in [7, 11) is -3.24.